The first-order chi connectivity index (χ1) is 6.34. The van der Waals surface area contributed by atoms with Crippen LogP contribution in [0, 0.1) is 0 Å². The lowest BCUT2D eigenvalue weighted by Crippen LogP contribution is -2.01. The van der Waals surface area contributed by atoms with Gasteiger partial charge in [0.25, 0.3) is 0 Å². The Morgan fingerprint density at radius 2 is 2.23 bits per heavy atom. The molecule has 2 heterocycles. The molecule has 0 radical (unpaired) electrons. The highest BCUT2D eigenvalue weighted by atomic mass is 35.5. The molecule has 1 aromatic rings. The summed E-state index contributed by atoms with van der Waals surface area (Å²) in [5.41, 5.74) is 0. The summed E-state index contributed by atoms with van der Waals surface area (Å²) < 4.78 is 5.25. The van der Waals surface area contributed by atoms with E-state index in [0.29, 0.717) is 10.3 Å². The average molecular weight is 217 g/mol. The molecule has 1 aliphatic heterocycles. The topological polar surface area (TPSA) is 35.0 Å². The number of nitrogens with zero attached hydrogens (tertiary/aromatic N) is 2. The molecule has 0 saturated carbocycles. The first kappa shape index (κ1) is 9.24. The Labute approximate surface area is 85.9 Å². The lowest BCUT2D eigenvalue weighted by atomic mass is 10.4. The van der Waals surface area contributed by atoms with Crippen LogP contribution in [-0.4, -0.2) is 28.4 Å². The Hall–Kier alpha value is -0.320. The molecule has 1 fully saturated rings. The van der Waals surface area contributed by atoms with Crippen molar-refractivity contribution in [3.8, 4) is 0 Å². The summed E-state index contributed by atoms with van der Waals surface area (Å²) in [6, 6.07) is 0. The fourth-order valence-corrected chi connectivity index (χ4v) is 2.12. The smallest absolute Gasteiger partial charge is 0.187 e. The second-order valence-electron chi connectivity index (χ2n) is 2.79. The van der Waals surface area contributed by atoms with Crippen LogP contribution in [0.15, 0.2) is 17.6 Å². The Morgan fingerprint density at radius 1 is 1.46 bits per heavy atom. The van der Waals surface area contributed by atoms with Gasteiger partial charge in [0, 0.05) is 11.9 Å². The summed E-state index contributed by atoms with van der Waals surface area (Å²) in [6.45, 7) is 1.65. The molecule has 70 valence electrons. The quantitative estimate of drug-likeness (QED) is 0.709. The van der Waals surface area contributed by atoms with Gasteiger partial charge in [-0.05, 0) is 6.42 Å². The Kier molecular flexibility index (Phi) is 3.03. The van der Waals surface area contributed by atoms with E-state index in [9.17, 15) is 0 Å². The minimum atomic E-state index is 0.501. The van der Waals surface area contributed by atoms with Gasteiger partial charge in [0.15, 0.2) is 5.16 Å². The minimum Gasteiger partial charge on any atom is -0.380 e. The van der Waals surface area contributed by atoms with Gasteiger partial charge in [-0.15, -0.1) is 0 Å². The van der Waals surface area contributed by atoms with E-state index in [4.69, 9.17) is 16.3 Å². The van der Waals surface area contributed by atoms with Gasteiger partial charge in [0.05, 0.1) is 24.0 Å². The molecule has 0 bridgehead atoms. The molecular weight excluding hydrogens is 208 g/mol. The van der Waals surface area contributed by atoms with Gasteiger partial charge in [-0.1, -0.05) is 23.4 Å². The van der Waals surface area contributed by atoms with Crippen molar-refractivity contribution in [2.45, 2.75) is 16.8 Å². The molecule has 1 saturated heterocycles. The van der Waals surface area contributed by atoms with Crippen LogP contribution in [0.3, 0.4) is 0 Å². The van der Waals surface area contributed by atoms with Crippen molar-refractivity contribution < 1.29 is 4.74 Å². The van der Waals surface area contributed by atoms with Crippen LogP contribution >= 0.6 is 23.4 Å². The van der Waals surface area contributed by atoms with E-state index >= 15 is 0 Å². The normalized spacial score (nSPS) is 22.1. The standard InChI is InChI=1S/C8H9ClN2OS/c9-6-3-10-8(11-4-6)13-7-1-2-12-5-7/h3-4,7H,1-2,5H2. The van der Waals surface area contributed by atoms with Crippen molar-refractivity contribution in [3.63, 3.8) is 0 Å². The second kappa shape index (κ2) is 4.26. The molecular formula is C8H9ClN2OS. The van der Waals surface area contributed by atoms with Crippen LogP contribution in [0.1, 0.15) is 6.42 Å². The molecule has 3 nitrogen and oxygen atoms in total. The van der Waals surface area contributed by atoms with E-state index in [1.807, 2.05) is 0 Å². The zero-order chi connectivity index (χ0) is 9.10. The zero-order valence-electron chi connectivity index (χ0n) is 6.94. The SMILES string of the molecule is Clc1cnc(SC2CCOC2)nc1. The number of thioether (sulfide) groups is 1. The molecule has 0 spiro atoms. The molecule has 1 atom stereocenters. The summed E-state index contributed by atoms with van der Waals surface area (Å²) >= 11 is 7.32. The summed E-state index contributed by atoms with van der Waals surface area (Å²) in [5, 5.41) is 1.85. The summed E-state index contributed by atoms with van der Waals surface area (Å²) in [6.07, 6.45) is 4.32. The molecule has 1 unspecified atom stereocenters. The number of hydrogen-bond donors (Lipinski definition) is 0. The highest BCUT2D eigenvalue weighted by Crippen LogP contribution is 2.25. The maximum atomic E-state index is 5.67. The minimum absolute atomic E-state index is 0.501. The third-order valence-electron chi connectivity index (χ3n) is 1.76. The van der Waals surface area contributed by atoms with E-state index in [-0.39, 0.29) is 0 Å². The third-order valence-corrected chi connectivity index (χ3v) is 3.08. The predicted octanol–water partition coefficient (Wildman–Crippen LogP) is 2.01. The lowest BCUT2D eigenvalue weighted by Gasteiger charge is -2.04. The van der Waals surface area contributed by atoms with Crippen LogP contribution in [0.25, 0.3) is 0 Å². The molecule has 0 aromatic carbocycles. The molecule has 0 N–H and O–H groups in total. The van der Waals surface area contributed by atoms with Crippen LogP contribution in [0.4, 0.5) is 0 Å². The molecule has 5 heteroatoms. The molecule has 0 amide bonds. The van der Waals surface area contributed by atoms with E-state index in [1.54, 1.807) is 24.2 Å². The third kappa shape index (κ3) is 2.56. The molecule has 2 rings (SSSR count). The van der Waals surface area contributed by atoms with Crippen molar-refractivity contribution in [3.05, 3.63) is 17.4 Å². The average Bonchev–Trinajstić information content (AvgIpc) is 2.62. The maximum Gasteiger partial charge on any atom is 0.187 e. The highest BCUT2D eigenvalue weighted by Gasteiger charge is 2.17. The van der Waals surface area contributed by atoms with Crippen LogP contribution < -0.4 is 0 Å². The van der Waals surface area contributed by atoms with Crippen molar-refractivity contribution in [1.29, 1.82) is 0 Å². The first-order valence-corrected chi connectivity index (χ1v) is 5.32. The monoisotopic (exact) mass is 216 g/mol. The number of rotatable bonds is 2. The number of aromatic nitrogens is 2. The van der Waals surface area contributed by atoms with Crippen LogP contribution in [0.2, 0.25) is 5.02 Å². The van der Waals surface area contributed by atoms with Gasteiger partial charge in [0.2, 0.25) is 0 Å². The summed E-state index contributed by atoms with van der Waals surface area (Å²) in [5.74, 6) is 0. The lowest BCUT2D eigenvalue weighted by molar-refractivity contribution is 0.199. The van der Waals surface area contributed by atoms with Gasteiger partial charge in [-0.3, -0.25) is 0 Å². The van der Waals surface area contributed by atoms with Gasteiger partial charge in [-0.25, -0.2) is 9.97 Å². The second-order valence-corrected chi connectivity index (χ2v) is 4.49. The highest BCUT2D eigenvalue weighted by molar-refractivity contribution is 7.99. The molecule has 1 aliphatic rings. The van der Waals surface area contributed by atoms with Crippen molar-refractivity contribution in [2.75, 3.05) is 13.2 Å². The predicted molar refractivity (Wildman–Crippen MR) is 52.1 cm³/mol. The largest absolute Gasteiger partial charge is 0.380 e. The first-order valence-electron chi connectivity index (χ1n) is 4.06. The number of hydrogen-bond acceptors (Lipinski definition) is 4. The van der Waals surface area contributed by atoms with Gasteiger partial charge in [-0.2, -0.15) is 0 Å². The van der Waals surface area contributed by atoms with Crippen molar-refractivity contribution in [1.82, 2.24) is 9.97 Å². The van der Waals surface area contributed by atoms with E-state index in [0.717, 1.165) is 24.8 Å². The molecule has 1 aromatic heterocycles. The summed E-state index contributed by atoms with van der Waals surface area (Å²) in [7, 11) is 0. The Morgan fingerprint density at radius 3 is 2.85 bits per heavy atom. The van der Waals surface area contributed by atoms with E-state index in [2.05, 4.69) is 9.97 Å². The van der Waals surface area contributed by atoms with Crippen LogP contribution in [-0.2, 0) is 4.74 Å². The van der Waals surface area contributed by atoms with Crippen molar-refractivity contribution >= 4 is 23.4 Å². The van der Waals surface area contributed by atoms with E-state index < -0.39 is 0 Å². The Bertz CT molecular complexity index is 274. The van der Waals surface area contributed by atoms with Crippen LogP contribution in [0.5, 0.6) is 0 Å². The zero-order valence-corrected chi connectivity index (χ0v) is 8.51. The van der Waals surface area contributed by atoms with Crippen molar-refractivity contribution in [2.24, 2.45) is 0 Å². The van der Waals surface area contributed by atoms with Gasteiger partial charge < -0.3 is 4.74 Å². The Balaban J connectivity index is 1.97. The molecule has 0 aliphatic carbocycles. The number of halogens is 1. The maximum absolute atomic E-state index is 5.67. The summed E-state index contributed by atoms with van der Waals surface area (Å²) in [4.78, 5) is 8.21. The number of ether oxygens (including phenoxy) is 1. The van der Waals surface area contributed by atoms with E-state index in [1.165, 1.54) is 0 Å². The fraction of sp³-hybridized carbons (Fsp3) is 0.500. The fourth-order valence-electron chi connectivity index (χ4n) is 1.12. The van der Waals surface area contributed by atoms with Gasteiger partial charge in [0.1, 0.15) is 0 Å². The van der Waals surface area contributed by atoms with Gasteiger partial charge >= 0.3 is 0 Å². The molecule has 13 heavy (non-hydrogen) atoms.